The van der Waals surface area contributed by atoms with E-state index in [9.17, 15) is 19.5 Å². The largest absolute Gasteiger partial charge is 0.481 e. The number of hydrogen-bond acceptors (Lipinski definition) is 3. The van der Waals surface area contributed by atoms with Crippen molar-refractivity contribution < 1.29 is 19.5 Å². The van der Waals surface area contributed by atoms with Gasteiger partial charge in [0.15, 0.2) is 5.78 Å². The first-order valence-electron chi connectivity index (χ1n) is 14.3. The molecule has 3 rings (SSSR count). The van der Waals surface area contributed by atoms with Crippen LogP contribution in [-0.2, 0) is 14.4 Å². The van der Waals surface area contributed by atoms with E-state index < -0.39 is 16.8 Å². The van der Waals surface area contributed by atoms with E-state index in [0.717, 1.165) is 44.9 Å². The van der Waals surface area contributed by atoms with Gasteiger partial charge in [0.1, 0.15) is 5.78 Å². The number of hydrogen-bond donors (Lipinski definition) is 1. The number of allylic oxidation sites excluding steroid dienone is 2. The van der Waals surface area contributed by atoms with Crippen LogP contribution in [0.15, 0.2) is 11.6 Å². The van der Waals surface area contributed by atoms with Crippen LogP contribution in [0.2, 0.25) is 0 Å². The van der Waals surface area contributed by atoms with Gasteiger partial charge < -0.3 is 5.11 Å². The topological polar surface area (TPSA) is 71.4 Å². The maximum atomic E-state index is 12.9. The van der Waals surface area contributed by atoms with Crippen LogP contribution in [0.3, 0.4) is 0 Å². The molecule has 1 unspecified atom stereocenters. The third kappa shape index (κ3) is 4.53. The number of rotatable bonds is 6. The van der Waals surface area contributed by atoms with Gasteiger partial charge in [-0.1, -0.05) is 67.9 Å². The maximum absolute atomic E-state index is 12.9. The third-order valence-corrected chi connectivity index (χ3v) is 11.9. The summed E-state index contributed by atoms with van der Waals surface area (Å²) >= 11 is 0. The summed E-state index contributed by atoms with van der Waals surface area (Å²) in [6.45, 7) is 21.7. The summed E-state index contributed by atoms with van der Waals surface area (Å²) in [6, 6.07) is 0. The molecule has 4 heteroatoms. The first kappa shape index (κ1) is 29.1. The van der Waals surface area contributed by atoms with Crippen LogP contribution in [0.1, 0.15) is 127 Å². The lowest BCUT2D eigenvalue weighted by atomic mass is 9.41. The molecule has 0 aromatic rings. The molecule has 0 heterocycles. The smallest absolute Gasteiger partial charge is 0.309 e. The van der Waals surface area contributed by atoms with Gasteiger partial charge in [-0.15, -0.1) is 0 Å². The molecule has 0 spiro atoms. The van der Waals surface area contributed by atoms with Crippen LogP contribution in [0.4, 0.5) is 0 Å². The van der Waals surface area contributed by atoms with Crippen molar-refractivity contribution >= 4 is 17.5 Å². The quantitative estimate of drug-likeness (QED) is 0.375. The van der Waals surface area contributed by atoms with Crippen LogP contribution in [-0.4, -0.2) is 22.6 Å². The summed E-state index contributed by atoms with van der Waals surface area (Å²) in [7, 11) is 0. The van der Waals surface area contributed by atoms with E-state index >= 15 is 0 Å². The highest BCUT2D eigenvalue weighted by atomic mass is 16.4. The van der Waals surface area contributed by atoms with Crippen molar-refractivity contribution in [3.8, 4) is 0 Å². The standard InChI is InChI=1S/C32H52O4/c1-21-20-27(3,4)15-17-32(21,26(35)36)18-16-28(5,6)31(10)14-11-23-29(7,8)25(34)12-13-30(23,9)24(31)19-22(2)33/h19,21,23H,11-18,20H2,1-10H3,(H,35,36)/b24-19-/t21?,23-,30-,31+,32-/m0/s1. The van der Waals surface area contributed by atoms with Gasteiger partial charge in [0.05, 0.1) is 5.41 Å². The highest BCUT2D eigenvalue weighted by molar-refractivity contribution is 5.89. The zero-order valence-corrected chi connectivity index (χ0v) is 24.8. The molecule has 1 N–H and O–H groups in total. The van der Waals surface area contributed by atoms with E-state index in [2.05, 4.69) is 62.3 Å². The molecule has 0 radical (unpaired) electrons. The van der Waals surface area contributed by atoms with Crippen LogP contribution >= 0.6 is 0 Å². The third-order valence-electron chi connectivity index (χ3n) is 11.9. The van der Waals surface area contributed by atoms with Gasteiger partial charge in [0.2, 0.25) is 0 Å². The van der Waals surface area contributed by atoms with Crippen molar-refractivity contribution in [1.82, 2.24) is 0 Å². The van der Waals surface area contributed by atoms with Crippen molar-refractivity contribution in [3.63, 3.8) is 0 Å². The Morgan fingerprint density at radius 1 is 1.03 bits per heavy atom. The lowest BCUT2D eigenvalue weighted by Gasteiger charge is -2.62. The lowest BCUT2D eigenvalue weighted by Crippen LogP contribution is -2.56. The SMILES string of the molecule is CC(=O)/C=C1/[C@@]2(C)CCC(=O)C(C)(C)[C@@H]2CC[C@@]1(C)C(C)(C)CC[C@@]1(C(=O)O)CCC(C)(C)CC1C. The number of fused-ring (bicyclic) bond motifs is 1. The second kappa shape index (κ2) is 9.09. The molecular weight excluding hydrogens is 448 g/mol. The fourth-order valence-electron chi connectivity index (χ4n) is 8.83. The average molecular weight is 501 g/mol. The van der Waals surface area contributed by atoms with Crippen molar-refractivity contribution in [3.05, 3.63) is 11.6 Å². The fraction of sp³-hybridized carbons (Fsp3) is 0.844. The first-order valence-corrected chi connectivity index (χ1v) is 14.3. The van der Waals surface area contributed by atoms with Crippen molar-refractivity contribution in [1.29, 1.82) is 0 Å². The Labute approximate surface area is 220 Å². The Balaban J connectivity index is 1.99. The van der Waals surface area contributed by atoms with Crippen molar-refractivity contribution in [2.24, 2.45) is 44.3 Å². The zero-order chi connectivity index (χ0) is 27.5. The minimum Gasteiger partial charge on any atom is -0.481 e. The number of aliphatic carboxylic acids is 1. The fourth-order valence-corrected chi connectivity index (χ4v) is 8.83. The molecule has 5 atom stereocenters. The van der Waals surface area contributed by atoms with Crippen LogP contribution in [0.25, 0.3) is 0 Å². The summed E-state index contributed by atoms with van der Waals surface area (Å²) in [4.78, 5) is 38.2. The minimum absolute atomic E-state index is 0.0637. The molecular formula is C32H52O4. The Kier molecular flexibility index (Phi) is 7.35. The summed E-state index contributed by atoms with van der Waals surface area (Å²) in [6.07, 6.45) is 9.19. The molecule has 3 saturated carbocycles. The van der Waals surface area contributed by atoms with Gasteiger partial charge in [-0.25, -0.2) is 0 Å². The summed E-state index contributed by atoms with van der Waals surface area (Å²) in [5.74, 6) is 0.107. The molecule has 0 amide bonds. The van der Waals surface area contributed by atoms with Gasteiger partial charge in [-0.3, -0.25) is 14.4 Å². The van der Waals surface area contributed by atoms with Gasteiger partial charge >= 0.3 is 5.97 Å². The molecule has 3 fully saturated rings. The number of Topliss-reactive ketones (excluding diaryl/α,β-unsaturated/α-hetero) is 1. The van der Waals surface area contributed by atoms with Gasteiger partial charge in [-0.05, 0) is 97.9 Å². The Morgan fingerprint density at radius 2 is 1.64 bits per heavy atom. The molecule has 36 heavy (non-hydrogen) atoms. The molecule has 3 aliphatic carbocycles. The summed E-state index contributed by atoms with van der Waals surface area (Å²) < 4.78 is 0. The molecule has 0 aromatic carbocycles. The van der Waals surface area contributed by atoms with Gasteiger partial charge in [0, 0.05) is 11.8 Å². The van der Waals surface area contributed by atoms with E-state index in [1.165, 1.54) is 5.57 Å². The number of carbonyl (C=O) groups excluding carboxylic acids is 2. The highest BCUT2D eigenvalue weighted by Gasteiger charge is 2.61. The number of carboxylic acids is 1. The molecule has 0 aliphatic heterocycles. The van der Waals surface area contributed by atoms with Gasteiger partial charge in [0.25, 0.3) is 0 Å². The summed E-state index contributed by atoms with van der Waals surface area (Å²) in [5, 5.41) is 10.5. The Morgan fingerprint density at radius 3 is 2.17 bits per heavy atom. The zero-order valence-electron chi connectivity index (χ0n) is 24.8. The van der Waals surface area contributed by atoms with E-state index in [-0.39, 0.29) is 39.3 Å². The van der Waals surface area contributed by atoms with E-state index in [1.807, 2.05) is 6.08 Å². The average Bonchev–Trinajstić information content (AvgIpc) is 2.72. The number of ketones is 2. The summed E-state index contributed by atoms with van der Waals surface area (Å²) in [5.41, 5.74) is -0.332. The molecule has 0 aromatic heterocycles. The van der Waals surface area contributed by atoms with E-state index in [0.29, 0.717) is 18.6 Å². The van der Waals surface area contributed by atoms with Gasteiger partial charge in [-0.2, -0.15) is 0 Å². The second-order valence-corrected chi connectivity index (χ2v) is 15.3. The predicted octanol–water partition coefficient (Wildman–Crippen LogP) is 8.04. The van der Waals surface area contributed by atoms with Crippen LogP contribution in [0, 0.1) is 44.3 Å². The minimum atomic E-state index is -0.687. The maximum Gasteiger partial charge on any atom is 0.309 e. The molecule has 204 valence electrons. The van der Waals surface area contributed by atoms with Crippen LogP contribution < -0.4 is 0 Å². The van der Waals surface area contributed by atoms with Crippen molar-refractivity contribution in [2.45, 2.75) is 127 Å². The molecule has 0 saturated heterocycles. The molecule has 4 nitrogen and oxygen atoms in total. The Hall–Kier alpha value is -1.45. The van der Waals surface area contributed by atoms with Crippen molar-refractivity contribution in [2.75, 3.05) is 0 Å². The number of carboxylic acid groups (broad SMARTS) is 1. The van der Waals surface area contributed by atoms with E-state index in [4.69, 9.17) is 0 Å². The first-order chi connectivity index (χ1) is 16.3. The highest BCUT2D eigenvalue weighted by Crippen LogP contribution is 2.68. The molecule has 0 bridgehead atoms. The monoisotopic (exact) mass is 500 g/mol. The number of carbonyl (C=O) groups is 3. The molecule has 3 aliphatic rings. The lowest BCUT2D eigenvalue weighted by molar-refractivity contribution is -0.159. The van der Waals surface area contributed by atoms with E-state index in [1.54, 1.807) is 6.92 Å². The predicted molar refractivity (Wildman–Crippen MR) is 146 cm³/mol. The second-order valence-electron chi connectivity index (χ2n) is 15.3. The van der Waals surface area contributed by atoms with Crippen LogP contribution in [0.5, 0.6) is 0 Å². The normalized spacial score (nSPS) is 39.5. The Bertz CT molecular complexity index is 953.